The van der Waals surface area contributed by atoms with E-state index >= 15 is 0 Å². The smallest absolute Gasteiger partial charge is 0.228 e. The molecule has 0 unspecified atom stereocenters. The summed E-state index contributed by atoms with van der Waals surface area (Å²) in [6.07, 6.45) is 4.20. The van der Waals surface area contributed by atoms with E-state index in [9.17, 15) is 9.47 Å². The Labute approximate surface area is 202 Å². The van der Waals surface area contributed by atoms with E-state index in [4.69, 9.17) is 4.40 Å². The molecule has 0 aromatic carbocycles. The first-order valence-electron chi connectivity index (χ1n) is 10.7. The molecule has 3 aromatic rings. The minimum Gasteiger partial charge on any atom is -0.341 e. The fourth-order valence-corrected chi connectivity index (χ4v) is 5.68. The van der Waals surface area contributed by atoms with Gasteiger partial charge in [0.2, 0.25) is 5.95 Å². The van der Waals surface area contributed by atoms with Gasteiger partial charge in [0.05, 0.1) is 21.5 Å². The van der Waals surface area contributed by atoms with Crippen molar-refractivity contribution >= 4 is 49.6 Å². The van der Waals surface area contributed by atoms with E-state index in [1.54, 1.807) is 6.20 Å². The van der Waals surface area contributed by atoms with Crippen LogP contribution in [0.1, 0.15) is 50.6 Å². The Balaban J connectivity index is 1.47. The van der Waals surface area contributed by atoms with Crippen molar-refractivity contribution < 1.29 is 4.21 Å². The molecule has 9 nitrogen and oxygen atoms in total. The molecule has 1 aliphatic carbocycles. The van der Waals surface area contributed by atoms with Crippen LogP contribution in [0.25, 0.3) is 11.0 Å². The van der Waals surface area contributed by atoms with Crippen molar-refractivity contribution in [1.82, 2.24) is 25.1 Å². The summed E-state index contributed by atoms with van der Waals surface area (Å²) >= 11 is 3.37. The van der Waals surface area contributed by atoms with E-state index in [-0.39, 0.29) is 11.1 Å². The second-order valence-electron chi connectivity index (χ2n) is 9.46. The third-order valence-electron chi connectivity index (χ3n) is 6.32. The predicted octanol–water partition coefficient (Wildman–Crippen LogP) is 3.48. The number of rotatable bonds is 2. The molecule has 33 heavy (non-hydrogen) atoms. The average molecular weight is 527 g/mol. The summed E-state index contributed by atoms with van der Waals surface area (Å²) in [4.78, 5) is 15.8. The summed E-state index contributed by atoms with van der Waals surface area (Å²) < 4.78 is 17.9. The Bertz CT molecular complexity index is 1340. The standard InChI is InChI=1S/C22H23BrN8OS/c1-21(2,3)33(32)30-17-13-5-4-8-25-14(13)11-22(17)6-9-31(10-7-22)20-26-15(12-24)16-18(23)28-29-19(16)27-20/h4-5,8H,6-7,9-11H2,1-3H3,(H,26,27,28,29)/t33-/m1/s1. The molecule has 0 radical (unpaired) electrons. The minimum atomic E-state index is -1.35. The van der Waals surface area contributed by atoms with Crippen LogP contribution in [0.4, 0.5) is 5.95 Å². The fourth-order valence-electron chi connectivity index (χ4n) is 4.50. The number of H-pyrrole nitrogens is 1. The lowest BCUT2D eigenvalue weighted by Gasteiger charge is -2.39. The van der Waals surface area contributed by atoms with E-state index in [0.717, 1.165) is 36.2 Å². The number of nitriles is 1. The van der Waals surface area contributed by atoms with Gasteiger partial charge in [-0.3, -0.25) is 10.1 Å². The first kappa shape index (κ1) is 22.1. The molecular formula is C22H23BrN8OS. The zero-order valence-corrected chi connectivity index (χ0v) is 21.0. The maximum absolute atomic E-state index is 13.0. The SMILES string of the molecule is CC(C)(C)[S@@](=O)N=C1c2cccnc2CC12CCN(c1nc(C#N)c3c(Br)[nH]nc3n1)CC2. The van der Waals surface area contributed by atoms with Gasteiger partial charge in [0.1, 0.15) is 21.7 Å². The van der Waals surface area contributed by atoms with Crippen molar-refractivity contribution in [2.24, 2.45) is 9.81 Å². The molecule has 1 saturated heterocycles. The molecular weight excluding hydrogens is 504 g/mol. The van der Waals surface area contributed by atoms with Gasteiger partial charge in [-0.05, 0) is 61.7 Å². The predicted molar refractivity (Wildman–Crippen MR) is 130 cm³/mol. The van der Waals surface area contributed by atoms with Crippen LogP contribution in [0.15, 0.2) is 27.3 Å². The van der Waals surface area contributed by atoms with Crippen LogP contribution in [0, 0.1) is 16.7 Å². The van der Waals surface area contributed by atoms with Crippen molar-refractivity contribution in [2.75, 3.05) is 18.0 Å². The van der Waals surface area contributed by atoms with Crippen LogP contribution >= 0.6 is 15.9 Å². The van der Waals surface area contributed by atoms with Gasteiger partial charge in [-0.2, -0.15) is 19.7 Å². The van der Waals surface area contributed by atoms with Crippen LogP contribution in [0.5, 0.6) is 0 Å². The molecule has 1 spiro atoms. The zero-order valence-electron chi connectivity index (χ0n) is 18.6. The van der Waals surface area contributed by atoms with Crippen molar-refractivity contribution in [3.8, 4) is 6.07 Å². The number of fused-ring (bicyclic) bond motifs is 2. The maximum Gasteiger partial charge on any atom is 0.228 e. The maximum atomic E-state index is 13.0. The number of piperidine rings is 1. The number of anilines is 1. The van der Waals surface area contributed by atoms with Crippen molar-refractivity contribution in [1.29, 1.82) is 5.26 Å². The van der Waals surface area contributed by atoms with Crippen LogP contribution in [-0.4, -0.2) is 52.9 Å². The van der Waals surface area contributed by atoms with Crippen molar-refractivity contribution in [3.05, 3.63) is 39.9 Å². The van der Waals surface area contributed by atoms with E-state index in [0.29, 0.717) is 34.7 Å². The first-order valence-corrected chi connectivity index (χ1v) is 12.6. The van der Waals surface area contributed by atoms with Crippen LogP contribution in [0.2, 0.25) is 0 Å². The minimum absolute atomic E-state index is 0.217. The number of aromatic nitrogens is 5. The topological polar surface area (TPSA) is 124 Å². The summed E-state index contributed by atoms with van der Waals surface area (Å²) in [5.41, 5.74) is 3.46. The summed E-state index contributed by atoms with van der Waals surface area (Å²) in [5.74, 6) is 0.498. The van der Waals surface area contributed by atoms with Crippen LogP contribution in [-0.2, 0) is 17.4 Å². The van der Waals surface area contributed by atoms with Gasteiger partial charge in [0, 0.05) is 36.7 Å². The number of nitrogens with one attached hydrogen (secondary N) is 1. The number of nitrogens with zero attached hydrogens (tertiary/aromatic N) is 7. The third-order valence-corrected chi connectivity index (χ3v) is 8.29. The quantitative estimate of drug-likeness (QED) is 0.541. The number of halogens is 1. The van der Waals surface area contributed by atoms with Crippen molar-refractivity contribution in [2.45, 2.75) is 44.8 Å². The Kier molecular flexibility index (Phi) is 5.33. The zero-order chi connectivity index (χ0) is 23.4. The highest BCUT2D eigenvalue weighted by Crippen LogP contribution is 2.45. The fraction of sp³-hybridized carbons (Fsp3) is 0.455. The van der Waals surface area contributed by atoms with Gasteiger partial charge in [0.15, 0.2) is 11.3 Å². The lowest BCUT2D eigenvalue weighted by atomic mass is 9.75. The third kappa shape index (κ3) is 3.75. The molecule has 1 fully saturated rings. The number of pyridine rings is 1. The van der Waals surface area contributed by atoms with Gasteiger partial charge in [0.25, 0.3) is 0 Å². The van der Waals surface area contributed by atoms with Gasteiger partial charge < -0.3 is 4.90 Å². The highest BCUT2D eigenvalue weighted by Gasteiger charge is 2.47. The van der Waals surface area contributed by atoms with Crippen LogP contribution in [0.3, 0.4) is 0 Å². The van der Waals surface area contributed by atoms with Gasteiger partial charge in [-0.25, -0.2) is 9.19 Å². The normalized spacial score (nSPS) is 19.7. The molecule has 1 N–H and O–H groups in total. The monoisotopic (exact) mass is 526 g/mol. The lowest BCUT2D eigenvalue weighted by molar-refractivity contribution is 0.327. The molecule has 2 aliphatic rings. The number of aromatic amines is 1. The molecule has 170 valence electrons. The molecule has 4 heterocycles. The molecule has 0 bridgehead atoms. The molecule has 3 aromatic heterocycles. The highest BCUT2D eigenvalue weighted by atomic mass is 79.9. The van der Waals surface area contributed by atoms with E-state index in [1.807, 2.05) is 32.9 Å². The Morgan fingerprint density at radius 2 is 2.06 bits per heavy atom. The second-order valence-corrected chi connectivity index (χ2v) is 12.2. The lowest BCUT2D eigenvalue weighted by Crippen LogP contribution is -2.44. The highest BCUT2D eigenvalue weighted by molar-refractivity contribution is 9.10. The summed E-state index contributed by atoms with van der Waals surface area (Å²) in [7, 11) is -1.35. The summed E-state index contributed by atoms with van der Waals surface area (Å²) in [6, 6.07) is 6.10. The number of hydrogen-bond donors (Lipinski definition) is 1. The molecule has 1 atom stereocenters. The van der Waals surface area contributed by atoms with E-state index in [2.05, 4.69) is 52.0 Å². The average Bonchev–Trinajstić information content (AvgIpc) is 3.31. The molecule has 11 heteroatoms. The summed E-state index contributed by atoms with van der Waals surface area (Å²) in [6.45, 7) is 7.20. The van der Waals surface area contributed by atoms with E-state index < -0.39 is 15.7 Å². The Hall–Kier alpha value is -2.71. The Morgan fingerprint density at radius 1 is 1.30 bits per heavy atom. The van der Waals surface area contributed by atoms with Gasteiger partial charge in [-0.15, -0.1) is 0 Å². The van der Waals surface area contributed by atoms with Gasteiger partial charge >= 0.3 is 0 Å². The van der Waals surface area contributed by atoms with Gasteiger partial charge in [-0.1, -0.05) is 0 Å². The summed E-state index contributed by atoms with van der Waals surface area (Å²) in [5, 5.41) is 17.2. The van der Waals surface area contributed by atoms with Crippen LogP contribution < -0.4 is 4.90 Å². The number of hydrogen-bond acceptors (Lipinski definition) is 7. The Morgan fingerprint density at radius 3 is 2.76 bits per heavy atom. The first-order chi connectivity index (χ1) is 15.7. The molecule has 1 aliphatic heterocycles. The molecule has 0 saturated carbocycles. The van der Waals surface area contributed by atoms with E-state index in [1.165, 1.54) is 0 Å². The molecule has 5 rings (SSSR count). The van der Waals surface area contributed by atoms with Crippen molar-refractivity contribution in [3.63, 3.8) is 0 Å². The second kappa shape index (κ2) is 7.95. The largest absolute Gasteiger partial charge is 0.341 e. The molecule has 0 amide bonds.